The molecule has 2 N–H and O–H groups in total. The minimum Gasteiger partial charge on any atom is -0.492 e. The summed E-state index contributed by atoms with van der Waals surface area (Å²) in [6, 6.07) is 32.4. The van der Waals surface area contributed by atoms with E-state index in [-0.39, 0.29) is 11.8 Å². The zero-order valence-corrected chi connectivity index (χ0v) is 30.5. The van der Waals surface area contributed by atoms with Crippen molar-refractivity contribution in [1.82, 2.24) is 4.90 Å². The molecule has 1 aromatic heterocycles. The largest absolute Gasteiger partial charge is 0.492 e. The first-order valence-corrected chi connectivity index (χ1v) is 18.7. The van der Waals surface area contributed by atoms with Crippen LogP contribution in [0.4, 0.5) is 11.4 Å². The molecule has 1 saturated heterocycles. The van der Waals surface area contributed by atoms with Crippen LogP contribution >= 0.6 is 34.5 Å². The summed E-state index contributed by atoms with van der Waals surface area (Å²) in [6.07, 6.45) is 4.56. The van der Waals surface area contributed by atoms with E-state index in [1.54, 1.807) is 72.8 Å². The van der Waals surface area contributed by atoms with Gasteiger partial charge in [-0.25, -0.2) is 0 Å². The van der Waals surface area contributed by atoms with Crippen LogP contribution < -0.4 is 15.4 Å². The Hall–Kier alpha value is -4.99. The molecule has 1 aliphatic heterocycles. The van der Waals surface area contributed by atoms with Crippen LogP contribution in [-0.2, 0) is 0 Å². The molecule has 0 saturated carbocycles. The average molecular weight is 749 g/mol. The third kappa shape index (κ3) is 8.22. The number of piperidine rings is 1. The molecule has 5 aromatic carbocycles. The van der Waals surface area contributed by atoms with Gasteiger partial charge in [-0.3, -0.25) is 19.3 Å². The molecule has 0 bridgehead atoms. The molecule has 6 aromatic rings. The van der Waals surface area contributed by atoms with Gasteiger partial charge in [-0.1, -0.05) is 47.8 Å². The van der Waals surface area contributed by atoms with Crippen LogP contribution in [0.5, 0.6) is 5.75 Å². The lowest BCUT2D eigenvalue weighted by Gasteiger charge is -2.26. The fourth-order valence-electron chi connectivity index (χ4n) is 6.37. The van der Waals surface area contributed by atoms with Gasteiger partial charge in [0.2, 0.25) is 0 Å². The first kappa shape index (κ1) is 35.4. The second kappa shape index (κ2) is 16.1. The van der Waals surface area contributed by atoms with Crippen molar-refractivity contribution in [2.24, 2.45) is 0 Å². The van der Waals surface area contributed by atoms with Crippen LogP contribution in [0.3, 0.4) is 0 Å². The molecule has 7 rings (SSSR count). The van der Waals surface area contributed by atoms with E-state index in [4.69, 9.17) is 27.9 Å². The van der Waals surface area contributed by atoms with Crippen molar-refractivity contribution in [1.29, 1.82) is 0 Å². The highest BCUT2D eigenvalue weighted by molar-refractivity contribution is 7.23. The fraction of sp³-hybridized carbons (Fsp3) is 0.167. The highest BCUT2D eigenvalue weighted by atomic mass is 35.5. The molecule has 0 radical (unpaired) electrons. The summed E-state index contributed by atoms with van der Waals surface area (Å²) in [4.78, 5) is 42.2. The van der Waals surface area contributed by atoms with Crippen molar-refractivity contribution >= 4 is 74.1 Å². The van der Waals surface area contributed by atoms with Gasteiger partial charge in [0, 0.05) is 65.2 Å². The maximum atomic E-state index is 13.3. The summed E-state index contributed by atoms with van der Waals surface area (Å²) < 4.78 is 7.12. The Morgan fingerprint density at radius 3 is 1.98 bits per heavy atom. The number of ether oxygens (including phenoxy) is 1. The minimum absolute atomic E-state index is 0.251. The smallest absolute Gasteiger partial charge is 0.255 e. The molecule has 10 heteroatoms. The van der Waals surface area contributed by atoms with Crippen LogP contribution in [0.1, 0.15) is 50.3 Å². The lowest BCUT2D eigenvalue weighted by Crippen LogP contribution is -2.33. The molecule has 1 fully saturated rings. The molecule has 262 valence electrons. The van der Waals surface area contributed by atoms with Crippen molar-refractivity contribution in [2.45, 2.75) is 19.3 Å². The normalized spacial score (nSPS) is 13.1. The van der Waals surface area contributed by atoms with Crippen molar-refractivity contribution in [2.75, 3.05) is 36.9 Å². The third-order valence-corrected chi connectivity index (χ3v) is 10.8. The number of anilines is 2. The van der Waals surface area contributed by atoms with Gasteiger partial charge in [-0.05, 0) is 128 Å². The quantitative estimate of drug-likeness (QED) is 0.129. The maximum Gasteiger partial charge on any atom is 0.255 e. The Kier molecular flexibility index (Phi) is 11.0. The van der Waals surface area contributed by atoms with Gasteiger partial charge in [0.05, 0.1) is 0 Å². The van der Waals surface area contributed by atoms with Gasteiger partial charge in [0.1, 0.15) is 12.4 Å². The lowest BCUT2D eigenvalue weighted by atomic mass is 9.94. The van der Waals surface area contributed by atoms with E-state index in [9.17, 15) is 14.4 Å². The van der Waals surface area contributed by atoms with E-state index < -0.39 is 0 Å². The van der Waals surface area contributed by atoms with Gasteiger partial charge in [0.15, 0.2) is 6.29 Å². The zero-order chi connectivity index (χ0) is 36.0. The van der Waals surface area contributed by atoms with Crippen molar-refractivity contribution in [3.05, 3.63) is 136 Å². The summed E-state index contributed by atoms with van der Waals surface area (Å²) in [5.74, 6) is 0.171. The summed E-state index contributed by atoms with van der Waals surface area (Å²) in [5.41, 5.74) is 5.21. The van der Waals surface area contributed by atoms with Crippen molar-refractivity contribution in [3.8, 4) is 27.3 Å². The monoisotopic (exact) mass is 747 g/mol. The molecule has 0 unspecified atom stereocenters. The van der Waals surface area contributed by atoms with Gasteiger partial charge in [-0.2, -0.15) is 0 Å². The summed E-state index contributed by atoms with van der Waals surface area (Å²) >= 11 is 13.6. The number of nitrogens with one attached hydrogen (secondary N) is 2. The molecular formula is C42H35Cl2N3O4S. The predicted octanol–water partition coefficient (Wildman–Crippen LogP) is 10.7. The first-order chi connectivity index (χ1) is 25.3. The van der Waals surface area contributed by atoms with Crippen molar-refractivity contribution in [3.63, 3.8) is 0 Å². The van der Waals surface area contributed by atoms with Crippen LogP contribution in [0.25, 0.3) is 31.7 Å². The number of aldehydes is 1. The van der Waals surface area contributed by atoms with Crippen molar-refractivity contribution < 1.29 is 19.1 Å². The zero-order valence-electron chi connectivity index (χ0n) is 28.2. The van der Waals surface area contributed by atoms with E-state index in [1.807, 2.05) is 36.4 Å². The Labute approximate surface area is 316 Å². The highest BCUT2D eigenvalue weighted by Gasteiger charge is 2.21. The molecule has 0 aliphatic carbocycles. The average Bonchev–Trinajstić information content (AvgIpc) is 3.56. The summed E-state index contributed by atoms with van der Waals surface area (Å²) in [6.45, 7) is 3.56. The number of thiophene rings is 1. The standard InChI is InChI=1S/C42H35Cl2N3O4S/c43-31-10-14-33(15-11-31)45-41(49)28-6-4-27(5-7-28)40-39(37-25-35(18-8-30(37)26-48)51-23-22-47-20-2-1-3-21-47)36-19-9-29(24-38(36)52-40)42(50)46-34-16-12-32(44)13-17-34/h4-19,24-26H,1-3,20-23H2,(H,45,49)(H,46,50). The van der Waals surface area contributed by atoms with Crippen LogP contribution in [0.15, 0.2) is 109 Å². The number of fused-ring (bicyclic) bond motifs is 1. The lowest BCUT2D eigenvalue weighted by molar-refractivity contribution is 0.101. The number of hydrogen-bond donors (Lipinski definition) is 2. The molecule has 1 aliphatic rings. The van der Waals surface area contributed by atoms with Gasteiger partial charge in [0.25, 0.3) is 11.8 Å². The number of hydrogen-bond acceptors (Lipinski definition) is 6. The fourth-order valence-corrected chi connectivity index (χ4v) is 7.89. The van der Waals surface area contributed by atoms with Crippen LogP contribution in [0.2, 0.25) is 10.0 Å². The number of benzene rings is 5. The number of carbonyl (C=O) groups excluding carboxylic acids is 3. The van der Waals surface area contributed by atoms with Gasteiger partial charge >= 0.3 is 0 Å². The Morgan fingerprint density at radius 1 is 0.731 bits per heavy atom. The molecule has 0 spiro atoms. The molecule has 52 heavy (non-hydrogen) atoms. The second-order valence-electron chi connectivity index (χ2n) is 12.6. The SMILES string of the molecule is O=Cc1ccc(OCCN2CCCCC2)cc1-c1c(-c2ccc(C(=O)Nc3ccc(Cl)cc3)cc2)sc2cc(C(=O)Nc3ccc(Cl)cc3)ccc12. The molecule has 2 amide bonds. The minimum atomic E-state index is -0.255. The summed E-state index contributed by atoms with van der Waals surface area (Å²) in [7, 11) is 0. The van der Waals surface area contributed by atoms with E-state index >= 15 is 0 Å². The Bertz CT molecular complexity index is 2230. The number of amides is 2. The number of halogens is 2. The van der Waals surface area contributed by atoms with E-state index in [0.29, 0.717) is 50.5 Å². The molecule has 2 heterocycles. The Morgan fingerprint density at radius 2 is 1.35 bits per heavy atom. The van der Waals surface area contributed by atoms with Crippen LogP contribution in [-0.4, -0.2) is 49.2 Å². The van der Waals surface area contributed by atoms with Crippen LogP contribution in [0, 0.1) is 0 Å². The first-order valence-electron chi connectivity index (χ1n) is 17.1. The highest BCUT2D eigenvalue weighted by Crippen LogP contribution is 2.46. The molecule has 0 atom stereocenters. The van der Waals surface area contributed by atoms with Gasteiger partial charge < -0.3 is 15.4 Å². The number of rotatable bonds is 11. The van der Waals surface area contributed by atoms with E-state index in [0.717, 1.165) is 57.6 Å². The van der Waals surface area contributed by atoms with Gasteiger partial charge in [-0.15, -0.1) is 11.3 Å². The van der Waals surface area contributed by atoms with E-state index in [1.165, 1.54) is 30.6 Å². The van der Waals surface area contributed by atoms with E-state index in [2.05, 4.69) is 15.5 Å². The number of carbonyl (C=O) groups is 3. The topological polar surface area (TPSA) is 87.7 Å². The number of likely N-dealkylation sites (tertiary alicyclic amines) is 1. The summed E-state index contributed by atoms with van der Waals surface area (Å²) in [5, 5.41) is 7.90. The molecular weight excluding hydrogens is 713 g/mol. The maximum absolute atomic E-state index is 13.3. The number of nitrogens with zero attached hydrogens (tertiary/aromatic N) is 1. The second-order valence-corrected chi connectivity index (χ2v) is 14.6. The Balaban J connectivity index is 1.24. The predicted molar refractivity (Wildman–Crippen MR) is 213 cm³/mol. The third-order valence-electron chi connectivity index (χ3n) is 9.11. The molecule has 7 nitrogen and oxygen atoms in total.